The molecule has 140 valence electrons. The number of hydrogen-bond acceptors (Lipinski definition) is 3. The van der Waals surface area contributed by atoms with E-state index < -0.39 is 11.6 Å². The number of nitrogens with one attached hydrogen (secondary N) is 1. The predicted molar refractivity (Wildman–Crippen MR) is 98.3 cm³/mol. The molecular formula is C20H27N3O3. The summed E-state index contributed by atoms with van der Waals surface area (Å²) in [6, 6.07) is 6.98. The van der Waals surface area contributed by atoms with Gasteiger partial charge in [-0.2, -0.15) is 0 Å². The van der Waals surface area contributed by atoms with Crippen molar-refractivity contribution in [2.75, 3.05) is 19.6 Å². The smallest absolute Gasteiger partial charge is 0.325 e. The van der Waals surface area contributed by atoms with Crippen molar-refractivity contribution in [3.63, 3.8) is 0 Å². The molecule has 0 bridgehead atoms. The molecule has 0 aromatic heterocycles. The van der Waals surface area contributed by atoms with Crippen molar-refractivity contribution in [2.45, 2.75) is 39.7 Å². The Morgan fingerprint density at radius 1 is 1.15 bits per heavy atom. The topological polar surface area (TPSA) is 69.7 Å². The fourth-order valence-electron chi connectivity index (χ4n) is 4.02. The molecule has 2 saturated heterocycles. The molecule has 1 aromatic carbocycles. The zero-order chi connectivity index (χ0) is 19.1. The Kier molecular flexibility index (Phi) is 4.78. The SMILES string of the molecule is Cc1ccc([C@@]2(C)NC(=O)N(CC(=O)N3C[C@@H](C)C[C@H](C)C3)C2=O)cc1. The number of carbonyl (C=O) groups excluding carboxylic acids is 3. The molecule has 2 heterocycles. The highest BCUT2D eigenvalue weighted by Gasteiger charge is 2.49. The molecule has 6 heteroatoms. The quantitative estimate of drug-likeness (QED) is 0.844. The molecule has 0 unspecified atom stereocenters. The number of carbonyl (C=O) groups is 3. The summed E-state index contributed by atoms with van der Waals surface area (Å²) < 4.78 is 0. The average Bonchev–Trinajstić information content (AvgIpc) is 2.78. The first kappa shape index (κ1) is 18.4. The minimum Gasteiger partial charge on any atom is -0.341 e. The van der Waals surface area contributed by atoms with Gasteiger partial charge in [0.1, 0.15) is 12.1 Å². The Hall–Kier alpha value is -2.37. The van der Waals surface area contributed by atoms with Gasteiger partial charge in [-0.25, -0.2) is 4.79 Å². The fourth-order valence-corrected chi connectivity index (χ4v) is 4.02. The molecule has 2 aliphatic heterocycles. The molecule has 2 aliphatic rings. The van der Waals surface area contributed by atoms with Gasteiger partial charge < -0.3 is 10.2 Å². The molecule has 4 amide bonds. The number of urea groups is 1. The third-order valence-corrected chi connectivity index (χ3v) is 5.42. The van der Waals surface area contributed by atoms with Crippen LogP contribution in [0.25, 0.3) is 0 Å². The lowest BCUT2D eigenvalue weighted by atomic mass is 9.91. The molecule has 0 saturated carbocycles. The van der Waals surface area contributed by atoms with E-state index in [1.807, 2.05) is 31.2 Å². The number of amides is 4. The largest absolute Gasteiger partial charge is 0.341 e. The van der Waals surface area contributed by atoms with E-state index in [1.165, 1.54) is 0 Å². The second kappa shape index (κ2) is 6.74. The number of nitrogens with zero attached hydrogens (tertiary/aromatic N) is 2. The standard InChI is InChI=1S/C20H27N3O3/c1-13-5-7-16(8-6-13)20(4)18(25)23(19(26)21-20)12-17(24)22-10-14(2)9-15(3)11-22/h5-8,14-15H,9-12H2,1-4H3,(H,21,26)/t14-,15-,20+/m0/s1. The Bertz CT molecular complexity index is 720. The van der Waals surface area contributed by atoms with Crippen LogP contribution >= 0.6 is 0 Å². The number of likely N-dealkylation sites (tertiary alicyclic amines) is 1. The van der Waals surface area contributed by atoms with Gasteiger partial charge in [-0.3, -0.25) is 14.5 Å². The van der Waals surface area contributed by atoms with E-state index in [4.69, 9.17) is 0 Å². The van der Waals surface area contributed by atoms with Crippen molar-refractivity contribution in [3.05, 3.63) is 35.4 Å². The third-order valence-electron chi connectivity index (χ3n) is 5.42. The molecular weight excluding hydrogens is 330 g/mol. The van der Waals surface area contributed by atoms with E-state index in [0.29, 0.717) is 24.9 Å². The van der Waals surface area contributed by atoms with E-state index in [2.05, 4.69) is 19.2 Å². The zero-order valence-corrected chi connectivity index (χ0v) is 15.9. The maximum absolute atomic E-state index is 12.9. The molecule has 1 N–H and O–H groups in total. The Morgan fingerprint density at radius 3 is 2.31 bits per heavy atom. The molecule has 0 aliphatic carbocycles. The molecule has 3 atom stereocenters. The highest BCUT2D eigenvalue weighted by atomic mass is 16.2. The summed E-state index contributed by atoms with van der Waals surface area (Å²) in [4.78, 5) is 40.9. The van der Waals surface area contributed by atoms with Gasteiger partial charge in [-0.05, 0) is 37.7 Å². The van der Waals surface area contributed by atoms with Crippen LogP contribution in [-0.2, 0) is 15.1 Å². The lowest BCUT2D eigenvalue weighted by Gasteiger charge is -2.35. The molecule has 1 aromatic rings. The third kappa shape index (κ3) is 3.32. The number of benzene rings is 1. The fraction of sp³-hybridized carbons (Fsp3) is 0.550. The predicted octanol–water partition coefficient (Wildman–Crippen LogP) is 2.27. The summed E-state index contributed by atoms with van der Waals surface area (Å²) in [5.74, 6) is 0.324. The minimum absolute atomic E-state index is 0.167. The van der Waals surface area contributed by atoms with Crippen molar-refractivity contribution in [3.8, 4) is 0 Å². The molecule has 0 spiro atoms. The second-order valence-electron chi connectivity index (χ2n) is 8.06. The van der Waals surface area contributed by atoms with Crippen LogP contribution < -0.4 is 5.32 Å². The van der Waals surface area contributed by atoms with E-state index in [-0.39, 0.29) is 18.4 Å². The summed E-state index contributed by atoms with van der Waals surface area (Å²) in [5, 5.41) is 2.76. The first-order valence-corrected chi connectivity index (χ1v) is 9.19. The van der Waals surface area contributed by atoms with Crippen LogP contribution in [0, 0.1) is 18.8 Å². The van der Waals surface area contributed by atoms with Gasteiger partial charge in [0.2, 0.25) is 5.91 Å². The Balaban J connectivity index is 1.75. The van der Waals surface area contributed by atoms with E-state index in [0.717, 1.165) is 22.4 Å². The number of rotatable bonds is 3. The van der Waals surface area contributed by atoms with Crippen LogP contribution in [0.1, 0.15) is 38.3 Å². The number of hydrogen-bond donors (Lipinski definition) is 1. The molecule has 0 radical (unpaired) electrons. The first-order chi connectivity index (χ1) is 12.2. The van der Waals surface area contributed by atoms with Gasteiger partial charge in [0, 0.05) is 13.1 Å². The van der Waals surface area contributed by atoms with Gasteiger partial charge in [-0.1, -0.05) is 43.7 Å². The summed E-state index contributed by atoms with van der Waals surface area (Å²) in [7, 11) is 0. The van der Waals surface area contributed by atoms with Crippen LogP contribution in [0.5, 0.6) is 0 Å². The van der Waals surface area contributed by atoms with Gasteiger partial charge in [0.15, 0.2) is 0 Å². The highest BCUT2D eigenvalue weighted by molar-refractivity contribution is 6.09. The van der Waals surface area contributed by atoms with E-state index >= 15 is 0 Å². The van der Waals surface area contributed by atoms with Crippen LogP contribution in [0.15, 0.2) is 24.3 Å². The van der Waals surface area contributed by atoms with Gasteiger partial charge in [-0.15, -0.1) is 0 Å². The maximum Gasteiger partial charge on any atom is 0.325 e. The Labute approximate surface area is 154 Å². The van der Waals surface area contributed by atoms with Crippen molar-refractivity contribution in [1.82, 2.24) is 15.1 Å². The number of aryl methyl sites for hydroxylation is 1. The Morgan fingerprint density at radius 2 is 1.73 bits per heavy atom. The second-order valence-corrected chi connectivity index (χ2v) is 8.06. The summed E-state index contributed by atoms with van der Waals surface area (Å²) in [5.41, 5.74) is 0.666. The van der Waals surface area contributed by atoms with Gasteiger partial charge in [0.05, 0.1) is 0 Å². The average molecular weight is 357 g/mol. The van der Waals surface area contributed by atoms with Crippen LogP contribution in [0.4, 0.5) is 4.79 Å². The molecule has 2 fully saturated rings. The van der Waals surface area contributed by atoms with Crippen LogP contribution in [-0.4, -0.2) is 47.3 Å². The summed E-state index contributed by atoms with van der Waals surface area (Å²) in [6.45, 7) is 9.06. The lowest BCUT2D eigenvalue weighted by molar-refractivity contribution is -0.140. The van der Waals surface area contributed by atoms with E-state index in [9.17, 15) is 14.4 Å². The summed E-state index contributed by atoms with van der Waals surface area (Å²) >= 11 is 0. The monoisotopic (exact) mass is 357 g/mol. The maximum atomic E-state index is 12.9. The van der Waals surface area contributed by atoms with Gasteiger partial charge >= 0.3 is 6.03 Å². The van der Waals surface area contributed by atoms with Crippen molar-refractivity contribution in [2.24, 2.45) is 11.8 Å². The lowest BCUT2D eigenvalue weighted by Crippen LogP contribution is -2.48. The number of piperidine rings is 1. The van der Waals surface area contributed by atoms with E-state index in [1.54, 1.807) is 11.8 Å². The summed E-state index contributed by atoms with van der Waals surface area (Å²) in [6.07, 6.45) is 1.10. The van der Waals surface area contributed by atoms with Crippen molar-refractivity contribution in [1.29, 1.82) is 0 Å². The minimum atomic E-state index is -1.13. The highest BCUT2D eigenvalue weighted by Crippen LogP contribution is 2.29. The first-order valence-electron chi connectivity index (χ1n) is 9.19. The van der Waals surface area contributed by atoms with Crippen LogP contribution in [0.3, 0.4) is 0 Å². The van der Waals surface area contributed by atoms with Crippen molar-refractivity contribution < 1.29 is 14.4 Å². The van der Waals surface area contributed by atoms with Gasteiger partial charge in [0.25, 0.3) is 5.91 Å². The zero-order valence-electron chi connectivity index (χ0n) is 15.9. The molecule has 6 nitrogen and oxygen atoms in total. The molecule has 26 heavy (non-hydrogen) atoms. The number of imide groups is 1. The molecule has 3 rings (SSSR count). The van der Waals surface area contributed by atoms with Crippen LogP contribution in [0.2, 0.25) is 0 Å². The van der Waals surface area contributed by atoms with Crippen molar-refractivity contribution >= 4 is 17.8 Å². The normalized spacial score (nSPS) is 29.1.